The van der Waals surface area contributed by atoms with Gasteiger partial charge in [-0.3, -0.25) is 0 Å². The number of phenols is 2. The minimum atomic E-state index is 0.0572. The molecule has 0 saturated heterocycles. The van der Waals surface area contributed by atoms with Crippen LogP contribution in [0.15, 0.2) is 48.5 Å². The molecule has 0 aliphatic carbocycles. The van der Waals surface area contributed by atoms with Gasteiger partial charge in [0.15, 0.2) is 0 Å². The molecule has 1 atom stereocenters. The minimum absolute atomic E-state index is 0.0572. The summed E-state index contributed by atoms with van der Waals surface area (Å²) >= 11 is 0. The Balaban J connectivity index is 1.71. The molecule has 0 bridgehead atoms. The molecule has 2 aromatic rings. The van der Waals surface area contributed by atoms with Crippen LogP contribution in [0.3, 0.4) is 0 Å². The molecule has 0 fully saturated rings. The highest BCUT2D eigenvalue weighted by Crippen LogP contribution is 2.23. The van der Waals surface area contributed by atoms with E-state index in [0.717, 1.165) is 12.8 Å². The van der Waals surface area contributed by atoms with Gasteiger partial charge in [-0.1, -0.05) is 30.3 Å². The third-order valence-electron chi connectivity index (χ3n) is 2.72. The monoisotopic (exact) mass is 276 g/mol. The van der Waals surface area contributed by atoms with Crippen molar-refractivity contribution in [3.05, 3.63) is 54.1 Å². The molecule has 2 N–H and O–H groups in total. The fraction of sp³-hybridized carbons (Fsp3) is 0.200. The molecule has 100 valence electrons. The van der Waals surface area contributed by atoms with Crippen LogP contribution in [0.1, 0.15) is 12.0 Å². The van der Waals surface area contributed by atoms with Crippen molar-refractivity contribution in [2.24, 2.45) is 0 Å². The normalized spacial score (nSPS) is 11.2. The zero-order chi connectivity index (χ0) is 13.5. The van der Waals surface area contributed by atoms with Crippen molar-refractivity contribution in [2.45, 2.75) is 12.8 Å². The molecule has 0 aliphatic rings. The van der Waals surface area contributed by atoms with E-state index >= 15 is 0 Å². The second-order valence-corrected chi connectivity index (χ2v) is 5.27. The second kappa shape index (κ2) is 7.13. The predicted molar refractivity (Wildman–Crippen MR) is 78.4 cm³/mol. The van der Waals surface area contributed by atoms with Gasteiger partial charge in [0.1, 0.15) is 11.5 Å². The van der Waals surface area contributed by atoms with Crippen molar-refractivity contribution in [3.8, 4) is 11.5 Å². The van der Waals surface area contributed by atoms with Crippen LogP contribution in [0.4, 0.5) is 0 Å². The largest absolute Gasteiger partial charge is 0.508 e. The van der Waals surface area contributed by atoms with Crippen molar-refractivity contribution < 1.29 is 14.7 Å². The SMILES string of the molecule is Oc1ccc(O)c(POCCCc2ccccc2)c1. The summed E-state index contributed by atoms with van der Waals surface area (Å²) in [5.41, 5.74) is 1.30. The van der Waals surface area contributed by atoms with Gasteiger partial charge in [-0.2, -0.15) is 0 Å². The van der Waals surface area contributed by atoms with E-state index in [-0.39, 0.29) is 20.3 Å². The first-order chi connectivity index (χ1) is 9.25. The molecule has 0 aromatic heterocycles. The molecule has 0 radical (unpaired) electrons. The number of aromatic hydroxyl groups is 2. The molecular weight excluding hydrogens is 259 g/mol. The number of hydrogen-bond donors (Lipinski definition) is 2. The maximum atomic E-state index is 9.59. The summed E-state index contributed by atoms with van der Waals surface area (Å²) in [4.78, 5) is 0. The molecular formula is C15H17O3P. The Morgan fingerprint density at radius 1 is 1.00 bits per heavy atom. The number of benzene rings is 2. The van der Waals surface area contributed by atoms with Gasteiger partial charge in [0.2, 0.25) is 0 Å². The van der Waals surface area contributed by atoms with Gasteiger partial charge in [0, 0.05) is 14.1 Å². The molecule has 2 aromatic carbocycles. The van der Waals surface area contributed by atoms with Crippen molar-refractivity contribution in [1.29, 1.82) is 0 Å². The lowest BCUT2D eigenvalue weighted by molar-refractivity contribution is 0.357. The Bertz CT molecular complexity index is 514. The van der Waals surface area contributed by atoms with Gasteiger partial charge >= 0.3 is 0 Å². The maximum absolute atomic E-state index is 9.59. The van der Waals surface area contributed by atoms with E-state index < -0.39 is 0 Å². The summed E-state index contributed by atoms with van der Waals surface area (Å²) in [7, 11) is 0.0572. The van der Waals surface area contributed by atoms with Gasteiger partial charge in [0.05, 0.1) is 6.61 Å². The van der Waals surface area contributed by atoms with Crippen LogP contribution in [0.5, 0.6) is 11.5 Å². The first-order valence-electron chi connectivity index (χ1n) is 6.19. The summed E-state index contributed by atoms with van der Waals surface area (Å²) in [5, 5.41) is 19.6. The molecule has 0 aliphatic heterocycles. The van der Waals surface area contributed by atoms with E-state index in [1.54, 1.807) is 0 Å². The van der Waals surface area contributed by atoms with E-state index in [1.165, 1.54) is 23.8 Å². The lowest BCUT2D eigenvalue weighted by atomic mass is 10.1. The van der Waals surface area contributed by atoms with Gasteiger partial charge < -0.3 is 14.7 Å². The number of aryl methyl sites for hydroxylation is 1. The van der Waals surface area contributed by atoms with E-state index in [0.29, 0.717) is 11.9 Å². The second-order valence-electron chi connectivity index (χ2n) is 4.24. The summed E-state index contributed by atoms with van der Waals surface area (Å²) in [6.45, 7) is 0.641. The van der Waals surface area contributed by atoms with E-state index in [2.05, 4.69) is 12.1 Å². The van der Waals surface area contributed by atoms with Crippen LogP contribution in [-0.4, -0.2) is 16.8 Å². The molecule has 3 nitrogen and oxygen atoms in total. The van der Waals surface area contributed by atoms with E-state index in [4.69, 9.17) is 4.52 Å². The molecule has 0 spiro atoms. The molecule has 2 rings (SSSR count). The molecule has 0 amide bonds. The average Bonchev–Trinajstić information content (AvgIpc) is 2.43. The van der Waals surface area contributed by atoms with Crippen LogP contribution >= 0.6 is 8.81 Å². The Kier molecular flexibility index (Phi) is 5.20. The summed E-state index contributed by atoms with van der Waals surface area (Å²) in [6.07, 6.45) is 1.92. The Hall–Kier alpha value is -1.57. The smallest absolute Gasteiger partial charge is 0.125 e. The average molecular weight is 276 g/mol. The van der Waals surface area contributed by atoms with Crippen LogP contribution < -0.4 is 5.30 Å². The van der Waals surface area contributed by atoms with Crippen LogP contribution in [0, 0.1) is 0 Å². The lowest BCUT2D eigenvalue weighted by Gasteiger charge is -2.06. The molecule has 1 unspecified atom stereocenters. The summed E-state index contributed by atoms with van der Waals surface area (Å²) < 4.78 is 5.53. The zero-order valence-electron chi connectivity index (χ0n) is 10.5. The molecule has 0 saturated carbocycles. The topological polar surface area (TPSA) is 49.7 Å². The van der Waals surface area contributed by atoms with Crippen molar-refractivity contribution in [1.82, 2.24) is 0 Å². The number of rotatable bonds is 6. The highest BCUT2D eigenvalue weighted by atomic mass is 31.1. The fourth-order valence-corrected chi connectivity index (χ4v) is 2.52. The van der Waals surface area contributed by atoms with Crippen molar-refractivity contribution in [3.63, 3.8) is 0 Å². The summed E-state index contributed by atoms with van der Waals surface area (Å²) in [5.74, 6) is 0.312. The molecule has 19 heavy (non-hydrogen) atoms. The third-order valence-corrected chi connectivity index (χ3v) is 3.69. The first-order valence-corrected chi connectivity index (χ1v) is 7.10. The summed E-state index contributed by atoms with van der Waals surface area (Å²) in [6, 6.07) is 14.7. The third kappa shape index (κ3) is 4.55. The van der Waals surface area contributed by atoms with Crippen LogP contribution in [0.25, 0.3) is 0 Å². The highest BCUT2D eigenvalue weighted by Gasteiger charge is 2.02. The quantitative estimate of drug-likeness (QED) is 0.484. The van der Waals surface area contributed by atoms with Gasteiger partial charge in [-0.25, -0.2) is 0 Å². The minimum Gasteiger partial charge on any atom is -0.508 e. The Morgan fingerprint density at radius 2 is 1.79 bits per heavy atom. The van der Waals surface area contributed by atoms with Gasteiger partial charge in [-0.15, -0.1) is 0 Å². The molecule has 4 heteroatoms. The Labute approximate surface area is 114 Å². The Morgan fingerprint density at radius 3 is 2.58 bits per heavy atom. The predicted octanol–water partition coefficient (Wildman–Crippen LogP) is 2.97. The maximum Gasteiger partial charge on any atom is 0.125 e. The van der Waals surface area contributed by atoms with Gasteiger partial charge in [-0.05, 0) is 36.6 Å². The van der Waals surface area contributed by atoms with E-state index in [1.807, 2.05) is 18.2 Å². The highest BCUT2D eigenvalue weighted by molar-refractivity contribution is 7.42. The van der Waals surface area contributed by atoms with Crippen molar-refractivity contribution in [2.75, 3.05) is 6.61 Å². The zero-order valence-corrected chi connectivity index (χ0v) is 11.5. The number of phenolic OH excluding ortho intramolecular Hbond substituents is 2. The first kappa shape index (κ1) is 13.9. The fourth-order valence-electron chi connectivity index (χ4n) is 1.73. The van der Waals surface area contributed by atoms with Gasteiger partial charge in [0.25, 0.3) is 0 Å². The van der Waals surface area contributed by atoms with Crippen molar-refractivity contribution >= 4 is 14.1 Å². The van der Waals surface area contributed by atoms with Crippen LogP contribution in [0.2, 0.25) is 0 Å². The lowest BCUT2D eigenvalue weighted by Crippen LogP contribution is -1.98. The van der Waals surface area contributed by atoms with Crippen LogP contribution in [-0.2, 0) is 10.9 Å². The molecule has 0 heterocycles. The van der Waals surface area contributed by atoms with E-state index in [9.17, 15) is 10.2 Å². The number of hydrogen-bond acceptors (Lipinski definition) is 3. The standard InChI is InChI=1S/C15H17O3P/c16-13-8-9-14(17)15(11-13)19-18-10-4-7-12-5-2-1-3-6-12/h1-3,5-6,8-9,11,16-17,19H,4,7,10H2.